The Labute approximate surface area is 131 Å². The van der Waals surface area contributed by atoms with Gasteiger partial charge in [-0.1, -0.05) is 11.6 Å². The van der Waals surface area contributed by atoms with Crippen molar-refractivity contribution in [1.29, 1.82) is 0 Å². The molecule has 5 nitrogen and oxygen atoms in total. The average Bonchev–Trinajstić information content (AvgIpc) is 2.88. The van der Waals surface area contributed by atoms with Crippen molar-refractivity contribution in [2.45, 2.75) is 10.6 Å². The van der Waals surface area contributed by atoms with Gasteiger partial charge in [0.25, 0.3) is 5.91 Å². The van der Waals surface area contributed by atoms with Crippen molar-refractivity contribution < 1.29 is 13.2 Å². The van der Waals surface area contributed by atoms with Gasteiger partial charge in [0.1, 0.15) is 4.21 Å². The molecule has 0 saturated heterocycles. The minimum Gasteiger partial charge on any atom is -0.352 e. The number of rotatable bonds is 5. The van der Waals surface area contributed by atoms with E-state index in [-0.39, 0.29) is 10.1 Å². The van der Waals surface area contributed by atoms with Gasteiger partial charge in [0.2, 0.25) is 10.0 Å². The lowest BCUT2D eigenvalue weighted by Gasteiger charge is -2.04. The zero-order chi connectivity index (χ0) is 15.5. The summed E-state index contributed by atoms with van der Waals surface area (Å²) >= 11 is 6.86. The fourth-order valence-electron chi connectivity index (χ4n) is 1.65. The lowest BCUT2D eigenvalue weighted by atomic mass is 10.2. The van der Waals surface area contributed by atoms with Crippen LogP contribution in [-0.2, 0) is 16.4 Å². The Hall–Kier alpha value is -1.41. The highest BCUT2D eigenvalue weighted by molar-refractivity contribution is 7.91. The zero-order valence-corrected chi connectivity index (χ0v) is 13.3. The van der Waals surface area contributed by atoms with Crippen LogP contribution in [0.4, 0.5) is 0 Å². The van der Waals surface area contributed by atoms with Crippen molar-refractivity contribution in [1.82, 2.24) is 5.32 Å². The molecular formula is C13H13ClN2O3S2. The van der Waals surface area contributed by atoms with E-state index in [2.05, 4.69) is 5.32 Å². The molecule has 0 aliphatic heterocycles. The third-order valence-electron chi connectivity index (χ3n) is 2.68. The summed E-state index contributed by atoms with van der Waals surface area (Å²) in [5.41, 5.74) is 0.524. The molecule has 0 fully saturated rings. The third kappa shape index (κ3) is 4.53. The normalized spacial score (nSPS) is 11.3. The number of benzene rings is 1. The van der Waals surface area contributed by atoms with Crippen LogP contribution >= 0.6 is 22.9 Å². The highest BCUT2D eigenvalue weighted by Gasteiger charge is 2.11. The molecule has 0 spiro atoms. The summed E-state index contributed by atoms with van der Waals surface area (Å²) in [5, 5.41) is 8.37. The van der Waals surface area contributed by atoms with E-state index in [9.17, 15) is 13.2 Å². The van der Waals surface area contributed by atoms with Crippen LogP contribution < -0.4 is 10.5 Å². The summed E-state index contributed by atoms with van der Waals surface area (Å²) in [5.74, 6) is -0.199. The van der Waals surface area contributed by atoms with Crippen molar-refractivity contribution in [3.63, 3.8) is 0 Å². The van der Waals surface area contributed by atoms with Crippen molar-refractivity contribution in [2.75, 3.05) is 6.54 Å². The van der Waals surface area contributed by atoms with E-state index < -0.39 is 10.0 Å². The maximum absolute atomic E-state index is 11.8. The summed E-state index contributed by atoms with van der Waals surface area (Å²) in [6, 6.07) is 9.74. The van der Waals surface area contributed by atoms with Gasteiger partial charge < -0.3 is 5.32 Å². The zero-order valence-electron chi connectivity index (χ0n) is 10.9. The molecule has 1 heterocycles. The SMILES string of the molecule is NS(=O)(=O)c1ccc(CCNC(=O)c2ccc(Cl)cc2)s1. The Morgan fingerprint density at radius 3 is 2.43 bits per heavy atom. The number of carbonyl (C=O) groups is 1. The van der Waals surface area contributed by atoms with E-state index in [0.717, 1.165) is 16.2 Å². The lowest BCUT2D eigenvalue weighted by molar-refractivity contribution is 0.0954. The fourth-order valence-corrected chi connectivity index (χ4v) is 3.55. The van der Waals surface area contributed by atoms with Gasteiger partial charge in [0.05, 0.1) is 0 Å². The molecule has 112 valence electrons. The standard InChI is InChI=1S/C13H13ClN2O3S2/c14-10-3-1-9(2-4-10)13(17)16-8-7-11-5-6-12(20-11)21(15,18)19/h1-6H,7-8H2,(H,16,17)(H2,15,18,19). The number of hydrogen-bond donors (Lipinski definition) is 2. The maximum atomic E-state index is 11.8. The summed E-state index contributed by atoms with van der Waals surface area (Å²) in [4.78, 5) is 12.7. The van der Waals surface area contributed by atoms with Crippen LogP contribution in [-0.4, -0.2) is 20.9 Å². The van der Waals surface area contributed by atoms with Crippen LogP contribution in [0.5, 0.6) is 0 Å². The van der Waals surface area contributed by atoms with Crippen LogP contribution in [0.3, 0.4) is 0 Å². The summed E-state index contributed by atoms with van der Waals surface area (Å²) in [6.07, 6.45) is 0.541. The van der Waals surface area contributed by atoms with Crippen molar-refractivity contribution in [3.05, 3.63) is 51.9 Å². The third-order valence-corrected chi connectivity index (χ3v) is 5.52. The first-order chi connectivity index (χ1) is 9.86. The molecule has 0 bridgehead atoms. The predicted octanol–water partition coefficient (Wildman–Crippen LogP) is 2.02. The van der Waals surface area contributed by atoms with E-state index >= 15 is 0 Å². The molecule has 0 atom stereocenters. The van der Waals surface area contributed by atoms with Crippen LogP contribution in [0.25, 0.3) is 0 Å². The predicted molar refractivity (Wildman–Crippen MR) is 83.2 cm³/mol. The monoisotopic (exact) mass is 344 g/mol. The molecule has 21 heavy (non-hydrogen) atoms. The number of carbonyl (C=O) groups excluding carboxylic acids is 1. The molecule has 1 aromatic heterocycles. The largest absolute Gasteiger partial charge is 0.352 e. The number of amides is 1. The van der Waals surface area contributed by atoms with Crippen molar-refractivity contribution >= 4 is 38.9 Å². The van der Waals surface area contributed by atoms with Gasteiger partial charge in [-0.15, -0.1) is 11.3 Å². The highest BCUT2D eigenvalue weighted by atomic mass is 35.5. The molecule has 8 heteroatoms. The van der Waals surface area contributed by atoms with Gasteiger partial charge in [0, 0.05) is 22.0 Å². The molecule has 0 aliphatic rings. The Bertz CT molecular complexity index is 739. The van der Waals surface area contributed by atoms with Crippen LogP contribution in [0.2, 0.25) is 5.02 Å². The second-order valence-corrected chi connectivity index (χ2v) is 7.67. The molecule has 1 amide bonds. The van der Waals surface area contributed by atoms with E-state index in [1.165, 1.54) is 6.07 Å². The molecule has 0 aliphatic carbocycles. The Morgan fingerprint density at radius 1 is 1.19 bits per heavy atom. The summed E-state index contributed by atoms with van der Waals surface area (Å²) < 4.78 is 22.4. The molecule has 0 unspecified atom stereocenters. The fraction of sp³-hybridized carbons (Fsp3) is 0.154. The Kier molecular flexibility index (Phi) is 5.00. The summed E-state index contributed by atoms with van der Waals surface area (Å²) in [6.45, 7) is 0.409. The topological polar surface area (TPSA) is 89.3 Å². The number of nitrogens with two attached hydrogens (primary N) is 1. The number of sulfonamides is 1. The van der Waals surface area contributed by atoms with Gasteiger partial charge in [-0.2, -0.15) is 0 Å². The first kappa shape index (κ1) is 16.0. The first-order valence-corrected chi connectivity index (χ1v) is 8.75. The molecule has 2 rings (SSSR count). The molecule has 3 N–H and O–H groups in total. The van der Waals surface area contributed by atoms with E-state index in [1.807, 2.05) is 0 Å². The van der Waals surface area contributed by atoms with Gasteiger partial charge in [-0.3, -0.25) is 4.79 Å². The van der Waals surface area contributed by atoms with E-state index in [0.29, 0.717) is 23.6 Å². The van der Waals surface area contributed by atoms with Gasteiger partial charge in [-0.05, 0) is 42.8 Å². The average molecular weight is 345 g/mol. The molecule has 1 aromatic carbocycles. The van der Waals surface area contributed by atoms with Crippen molar-refractivity contribution in [3.8, 4) is 0 Å². The minimum absolute atomic E-state index is 0.126. The number of nitrogens with one attached hydrogen (secondary N) is 1. The second-order valence-electron chi connectivity index (χ2n) is 4.28. The summed E-state index contributed by atoms with van der Waals surface area (Å²) in [7, 11) is -3.65. The van der Waals surface area contributed by atoms with Crippen molar-refractivity contribution in [2.24, 2.45) is 5.14 Å². The van der Waals surface area contributed by atoms with Gasteiger partial charge in [0.15, 0.2) is 0 Å². The second kappa shape index (κ2) is 6.57. The molecule has 2 aromatic rings. The molecule has 0 saturated carbocycles. The molecular weight excluding hydrogens is 332 g/mol. The van der Waals surface area contributed by atoms with Crippen LogP contribution in [0, 0.1) is 0 Å². The number of primary sulfonamides is 1. The Balaban J connectivity index is 1.88. The van der Waals surface area contributed by atoms with Gasteiger partial charge >= 0.3 is 0 Å². The van der Waals surface area contributed by atoms with E-state index in [1.54, 1.807) is 30.3 Å². The minimum atomic E-state index is -3.65. The highest BCUT2D eigenvalue weighted by Crippen LogP contribution is 2.20. The smallest absolute Gasteiger partial charge is 0.251 e. The first-order valence-electron chi connectivity index (χ1n) is 6.01. The van der Waals surface area contributed by atoms with E-state index in [4.69, 9.17) is 16.7 Å². The number of thiophene rings is 1. The van der Waals surface area contributed by atoms with Crippen LogP contribution in [0.15, 0.2) is 40.6 Å². The number of halogens is 1. The molecule has 0 radical (unpaired) electrons. The lowest BCUT2D eigenvalue weighted by Crippen LogP contribution is -2.25. The quantitative estimate of drug-likeness (QED) is 0.869. The number of hydrogen-bond acceptors (Lipinski definition) is 4. The Morgan fingerprint density at radius 2 is 1.86 bits per heavy atom. The van der Waals surface area contributed by atoms with Gasteiger partial charge in [-0.25, -0.2) is 13.6 Å². The van der Waals surface area contributed by atoms with Crippen LogP contribution in [0.1, 0.15) is 15.2 Å². The maximum Gasteiger partial charge on any atom is 0.251 e.